The van der Waals surface area contributed by atoms with Crippen molar-refractivity contribution in [3.8, 4) is 0 Å². The Hall–Kier alpha value is -1.14. The molecule has 0 bridgehead atoms. The lowest BCUT2D eigenvalue weighted by Gasteiger charge is -2.17. The van der Waals surface area contributed by atoms with Crippen LogP contribution in [0.2, 0.25) is 0 Å². The Labute approximate surface area is 77.0 Å². The van der Waals surface area contributed by atoms with Crippen molar-refractivity contribution in [2.24, 2.45) is 0 Å². The maximum absolute atomic E-state index is 12.6. The standard InChI is InChI=1S/C7H6BF5N/c1-7(9,10)5-2-6(4-14-3-5)8(11,12)13/h2-4H,1H3/q-1. The van der Waals surface area contributed by atoms with Gasteiger partial charge in [0.05, 0.1) is 0 Å². The molecule has 7 heteroatoms. The summed E-state index contributed by atoms with van der Waals surface area (Å²) in [6, 6.07) is 0.424. The Balaban J connectivity index is 3.15. The van der Waals surface area contributed by atoms with Gasteiger partial charge in [0, 0.05) is 18.7 Å². The lowest BCUT2D eigenvalue weighted by atomic mass is 9.80. The van der Waals surface area contributed by atoms with Crippen molar-refractivity contribution in [3.05, 3.63) is 24.0 Å². The van der Waals surface area contributed by atoms with Gasteiger partial charge in [0.25, 0.3) is 5.92 Å². The molecule has 0 N–H and O–H groups in total. The van der Waals surface area contributed by atoms with Gasteiger partial charge in [0.2, 0.25) is 0 Å². The molecule has 0 aliphatic rings. The third-order valence-corrected chi connectivity index (χ3v) is 1.64. The predicted octanol–water partition coefficient (Wildman–Crippen LogP) is 2.25. The molecule has 0 amide bonds. The molecule has 0 saturated carbocycles. The van der Waals surface area contributed by atoms with Crippen LogP contribution in [0.1, 0.15) is 12.5 Å². The summed E-state index contributed by atoms with van der Waals surface area (Å²) < 4.78 is 61.6. The lowest BCUT2D eigenvalue weighted by molar-refractivity contribution is 0.0172. The van der Waals surface area contributed by atoms with E-state index in [1.165, 1.54) is 0 Å². The molecule has 1 heterocycles. The molecule has 1 rings (SSSR count). The van der Waals surface area contributed by atoms with Gasteiger partial charge in [-0.1, -0.05) is 11.5 Å². The van der Waals surface area contributed by atoms with Crippen molar-refractivity contribution in [1.82, 2.24) is 4.98 Å². The highest BCUT2D eigenvalue weighted by Gasteiger charge is 2.30. The molecule has 0 aliphatic carbocycles. The maximum atomic E-state index is 12.6. The molecule has 0 saturated heterocycles. The molecule has 0 unspecified atom stereocenters. The average Bonchev–Trinajstić information content (AvgIpc) is 2.01. The molecular formula is C7H6BF5N-. The summed E-state index contributed by atoms with van der Waals surface area (Å²) in [5.74, 6) is -3.30. The minimum Gasteiger partial charge on any atom is -0.445 e. The van der Waals surface area contributed by atoms with Crippen LogP contribution in [0.5, 0.6) is 0 Å². The molecule has 0 aliphatic heterocycles. The lowest BCUT2D eigenvalue weighted by Crippen LogP contribution is -2.35. The van der Waals surface area contributed by atoms with Gasteiger partial charge in [0.15, 0.2) is 0 Å². The molecule has 0 atom stereocenters. The van der Waals surface area contributed by atoms with E-state index in [0.29, 0.717) is 19.2 Å². The van der Waals surface area contributed by atoms with Crippen molar-refractivity contribution < 1.29 is 21.7 Å². The molecule has 1 aromatic heterocycles. The zero-order valence-corrected chi connectivity index (χ0v) is 7.15. The van der Waals surface area contributed by atoms with Gasteiger partial charge < -0.3 is 12.9 Å². The molecule has 78 valence electrons. The number of hydrogen-bond donors (Lipinski definition) is 0. The van der Waals surface area contributed by atoms with Crippen molar-refractivity contribution >= 4 is 12.4 Å². The van der Waals surface area contributed by atoms with Crippen molar-refractivity contribution in [1.29, 1.82) is 0 Å². The Bertz CT molecular complexity index is 300. The number of halogens is 5. The molecule has 0 aromatic carbocycles. The Morgan fingerprint density at radius 1 is 1.21 bits per heavy atom. The van der Waals surface area contributed by atoms with E-state index < -0.39 is 23.9 Å². The zero-order chi connectivity index (χ0) is 11.0. The highest BCUT2D eigenvalue weighted by atomic mass is 19.4. The van der Waals surface area contributed by atoms with E-state index in [0.717, 1.165) is 6.20 Å². The third kappa shape index (κ3) is 2.43. The third-order valence-electron chi connectivity index (χ3n) is 1.64. The molecule has 0 spiro atoms. The SMILES string of the molecule is CC(F)(F)c1cncc([B-](F)(F)F)c1. The fraction of sp³-hybridized carbons (Fsp3) is 0.286. The second-order valence-corrected chi connectivity index (χ2v) is 2.97. The van der Waals surface area contributed by atoms with E-state index in [4.69, 9.17) is 0 Å². The number of rotatable bonds is 2. The highest BCUT2D eigenvalue weighted by molar-refractivity contribution is 6.73. The van der Waals surface area contributed by atoms with Crippen LogP contribution < -0.4 is 5.46 Å². The molecule has 1 nitrogen and oxygen atoms in total. The average molecular weight is 210 g/mol. The van der Waals surface area contributed by atoms with Gasteiger partial charge in [-0.25, -0.2) is 8.78 Å². The number of aromatic nitrogens is 1. The summed E-state index contributed by atoms with van der Waals surface area (Å²) in [7, 11) is 0. The first-order chi connectivity index (χ1) is 6.21. The monoisotopic (exact) mass is 210 g/mol. The molecule has 1 aromatic rings. The van der Waals surface area contributed by atoms with Gasteiger partial charge in [-0.3, -0.25) is 4.98 Å². The fourth-order valence-electron chi connectivity index (χ4n) is 0.877. The number of hydrogen-bond acceptors (Lipinski definition) is 1. The zero-order valence-electron chi connectivity index (χ0n) is 7.15. The number of alkyl halides is 2. The second-order valence-electron chi connectivity index (χ2n) is 2.97. The summed E-state index contributed by atoms with van der Waals surface area (Å²) in [5.41, 5.74) is -1.83. The van der Waals surface area contributed by atoms with E-state index in [9.17, 15) is 21.7 Å². The van der Waals surface area contributed by atoms with Crippen LogP contribution >= 0.6 is 0 Å². The Morgan fingerprint density at radius 3 is 2.21 bits per heavy atom. The first kappa shape index (κ1) is 10.9. The topological polar surface area (TPSA) is 12.9 Å². The summed E-state index contributed by atoms with van der Waals surface area (Å²) in [6.07, 6.45) is 1.26. The van der Waals surface area contributed by atoms with E-state index in [-0.39, 0.29) is 0 Å². The van der Waals surface area contributed by atoms with E-state index >= 15 is 0 Å². The normalized spacial score (nSPS) is 13.0. The molecule has 0 radical (unpaired) electrons. The smallest absolute Gasteiger partial charge is 0.445 e. The van der Waals surface area contributed by atoms with Gasteiger partial charge in [-0.15, -0.1) is 0 Å². The van der Waals surface area contributed by atoms with Crippen LogP contribution in [0.25, 0.3) is 0 Å². The predicted molar refractivity (Wildman–Crippen MR) is 42.5 cm³/mol. The number of nitrogens with zero attached hydrogens (tertiary/aromatic N) is 1. The van der Waals surface area contributed by atoms with Gasteiger partial charge in [-0.2, -0.15) is 0 Å². The van der Waals surface area contributed by atoms with Gasteiger partial charge in [-0.05, 0) is 6.20 Å². The van der Waals surface area contributed by atoms with E-state index in [2.05, 4.69) is 4.98 Å². The van der Waals surface area contributed by atoms with E-state index in [1.807, 2.05) is 0 Å². The Morgan fingerprint density at radius 2 is 1.79 bits per heavy atom. The van der Waals surface area contributed by atoms with Crippen LogP contribution in [0.15, 0.2) is 18.5 Å². The fourth-order valence-corrected chi connectivity index (χ4v) is 0.877. The summed E-state index contributed by atoms with van der Waals surface area (Å²) in [5, 5.41) is 0. The first-order valence-electron chi connectivity index (χ1n) is 3.74. The van der Waals surface area contributed by atoms with Crippen LogP contribution in [0.4, 0.5) is 21.7 Å². The minimum absolute atomic E-state index is 0.424. The quantitative estimate of drug-likeness (QED) is 0.538. The minimum atomic E-state index is -5.27. The van der Waals surface area contributed by atoms with Crippen molar-refractivity contribution in [3.63, 3.8) is 0 Å². The van der Waals surface area contributed by atoms with E-state index in [1.54, 1.807) is 0 Å². The highest BCUT2D eigenvalue weighted by Crippen LogP contribution is 2.25. The summed E-state index contributed by atoms with van der Waals surface area (Å²) >= 11 is 0. The Kier molecular flexibility index (Phi) is 2.51. The molecule has 14 heavy (non-hydrogen) atoms. The van der Waals surface area contributed by atoms with Crippen LogP contribution in [-0.4, -0.2) is 12.0 Å². The van der Waals surface area contributed by atoms with Crippen LogP contribution in [0, 0.1) is 0 Å². The molecule has 0 fully saturated rings. The molecular weight excluding hydrogens is 204 g/mol. The van der Waals surface area contributed by atoms with Gasteiger partial charge in [0.1, 0.15) is 0 Å². The summed E-state index contributed by atoms with van der Waals surface area (Å²) in [6.45, 7) is -4.75. The number of pyridine rings is 1. The maximum Gasteiger partial charge on any atom is 0.511 e. The van der Waals surface area contributed by atoms with Crippen molar-refractivity contribution in [2.75, 3.05) is 0 Å². The second kappa shape index (κ2) is 3.22. The van der Waals surface area contributed by atoms with Crippen molar-refractivity contribution in [2.45, 2.75) is 12.8 Å². The van der Waals surface area contributed by atoms with Crippen LogP contribution in [0.3, 0.4) is 0 Å². The van der Waals surface area contributed by atoms with Crippen LogP contribution in [-0.2, 0) is 5.92 Å². The summed E-state index contributed by atoms with van der Waals surface area (Å²) in [4.78, 5) is 3.13. The van der Waals surface area contributed by atoms with Gasteiger partial charge >= 0.3 is 6.98 Å². The first-order valence-corrected chi connectivity index (χ1v) is 3.74. The largest absolute Gasteiger partial charge is 0.511 e.